The third-order valence-corrected chi connectivity index (χ3v) is 7.68. The van der Waals surface area contributed by atoms with E-state index >= 15 is 0 Å². The van der Waals surface area contributed by atoms with Gasteiger partial charge in [-0.05, 0) is 50.5 Å². The van der Waals surface area contributed by atoms with Crippen molar-refractivity contribution in [2.75, 3.05) is 25.0 Å². The van der Waals surface area contributed by atoms with Crippen molar-refractivity contribution >= 4 is 21.4 Å². The first-order valence-electron chi connectivity index (χ1n) is 9.32. The van der Waals surface area contributed by atoms with Gasteiger partial charge in [-0.25, -0.2) is 8.42 Å². The number of hydrogen-bond donors (Lipinski definition) is 0. The molecule has 0 spiro atoms. The van der Waals surface area contributed by atoms with Crippen molar-refractivity contribution in [2.45, 2.75) is 56.4 Å². The summed E-state index contributed by atoms with van der Waals surface area (Å²) in [5, 5.41) is 11.2. The number of nitrogens with zero attached hydrogens (tertiary/aromatic N) is 3. The number of rotatable bonds is 5. The molecule has 0 radical (unpaired) electrons. The van der Waals surface area contributed by atoms with Crippen LogP contribution in [0.3, 0.4) is 0 Å². The molecule has 7 nitrogen and oxygen atoms in total. The summed E-state index contributed by atoms with van der Waals surface area (Å²) in [4.78, 5) is 12.7. The number of benzene rings is 1. The highest BCUT2D eigenvalue weighted by Gasteiger charge is 2.33. The fourth-order valence-corrected chi connectivity index (χ4v) is 5.77. The van der Waals surface area contributed by atoms with Crippen LogP contribution in [-0.2, 0) is 10.0 Å². The zero-order valence-electron chi connectivity index (χ0n) is 15.4. The van der Waals surface area contributed by atoms with Gasteiger partial charge < -0.3 is 4.90 Å². The lowest BCUT2D eigenvalue weighted by Gasteiger charge is -2.36. The Morgan fingerprint density at radius 1 is 1.15 bits per heavy atom. The molecule has 1 saturated carbocycles. The van der Waals surface area contributed by atoms with Crippen molar-refractivity contribution < 1.29 is 13.3 Å². The monoisotopic (exact) mass is 381 g/mol. The van der Waals surface area contributed by atoms with Gasteiger partial charge in [-0.2, -0.15) is 4.31 Å². The Hall–Kier alpha value is -1.67. The van der Waals surface area contributed by atoms with Gasteiger partial charge in [-0.3, -0.25) is 10.1 Å². The van der Waals surface area contributed by atoms with Crippen molar-refractivity contribution in [1.82, 2.24) is 4.31 Å². The number of nitro benzene ring substituents is 1. The largest absolute Gasteiger partial charge is 0.371 e. The number of anilines is 1. The van der Waals surface area contributed by atoms with Crippen LogP contribution < -0.4 is 4.90 Å². The van der Waals surface area contributed by atoms with Crippen LogP contribution in [0.2, 0.25) is 0 Å². The van der Waals surface area contributed by atoms with E-state index in [1.807, 2.05) is 11.9 Å². The molecule has 3 rings (SSSR count). The average molecular weight is 381 g/mol. The average Bonchev–Trinajstić information content (AvgIpc) is 3.16. The van der Waals surface area contributed by atoms with Gasteiger partial charge in [0, 0.05) is 38.3 Å². The Kier molecular flexibility index (Phi) is 5.53. The van der Waals surface area contributed by atoms with Crippen molar-refractivity contribution in [2.24, 2.45) is 5.92 Å². The van der Waals surface area contributed by atoms with Gasteiger partial charge >= 0.3 is 0 Å². The number of hydrogen-bond acceptors (Lipinski definition) is 5. The number of nitro groups is 1. The van der Waals surface area contributed by atoms with Crippen LogP contribution in [-0.4, -0.2) is 43.8 Å². The summed E-state index contributed by atoms with van der Waals surface area (Å²) < 4.78 is 27.7. The van der Waals surface area contributed by atoms with Crippen LogP contribution in [0.25, 0.3) is 0 Å². The van der Waals surface area contributed by atoms with Gasteiger partial charge in [0.1, 0.15) is 4.90 Å². The van der Waals surface area contributed by atoms with Gasteiger partial charge in [0.25, 0.3) is 5.69 Å². The van der Waals surface area contributed by atoms with E-state index in [9.17, 15) is 18.5 Å². The molecule has 1 heterocycles. The summed E-state index contributed by atoms with van der Waals surface area (Å²) in [6, 6.07) is 4.49. The number of sulfonamides is 1. The standard InChI is InChI=1S/C18H27N3O4S/c1-14-5-7-15(8-6-14)19(2)17-10-9-16(21(22)23)13-18(17)26(24,25)20-11-3-4-12-20/h9-10,13-15H,3-8,11-12H2,1-2H3. The van der Waals surface area contributed by atoms with E-state index in [1.54, 1.807) is 6.07 Å². The van der Waals surface area contributed by atoms with Crippen molar-refractivity contribution in [1.29, 1.82) is 0 Å². The summed E-state index contributed by atoms with van der Waals surface area (Å²) in [5.41, 5.74) is 0.388. The Bertz CT molecular complexity index is 767. The quantitative estimate of drug-likeness (QED) is 0.576. The van der Waals surface area contributed by atoms with Gasteiger partial charge in [0.05, 0.1) is 10.6 Å². The van der Waals surface area contributed by atoms with E-state index in [0.717, 1.165) is 38.5 Å². The Morgan fingerprint density at radius 2 is 1.77 bits per heavy atom. The molecule has 144 valence electrons. The van der Waals surface area contributed by atoms with E-state index in [1.165, 1.54) is 16.4 Å². The molecule has 1 aliphatic carbocycles. The van der Waals surface area contributed by atoms with Crippen LogP contribution >= 0.6 is 0 Å². The first-order chi connectivity index (χ1) is 12.3. The lowest BCUT2D eigenvalue weighted by Crippen LogP contribution is -2.37. The van der Waals surface area contributed by atoms with E-state index < -0.39 is 14.9 Å². The van der Waals surface area contributed by atoms with Crippen molar-refractivity contribution in [3.8, 4) is 0 Å². The molecule has 0 N–H and O–H groups in total. The molecule has 0 atom stereocenters. The summed E-state index contributed by atoms with van der Waals surface area (Å²) in [5.74, 6) is 0.698. The predicted molar refractivity (Wildman–Crippen MR) is 101 cm³/mol. The Balaban J connectivity index is 2.00. The molecule has 1 aromatic carbocycles. The number of non-ortho nitro benzene ring substituents is 1. The maximum atomic E-state index is 13.1. The molecule has 26 heavy (non-hydrogen) atoms. The van der Waals surface area contributed by atoms with Crippen molar-refractivity contribution in [3.05, 3.63) is 28.3 Å². The Morgan fingerprint density at radius 3 is 2.35 bits per heavy atom. The molecule has 0 amide bonds. The Labute approximate surface area is 155 Å². The third kappa shape index (κ3) is 3.71. The van der Waals surface area contributed by atoms with E-state index in [2.05, 4.69) is 6.92 Å². The van der Waals surface area contributed by atoms with Crippen LogP contribution in [0.1, 0.15) is 45.4 Å². The lowest BCUT2D eigenvalue weighted by atomic mass is 9.86. The summed E-state index contributed by atoms with van der Waals surface area (Å²) >= 11 is 0. The molecular weight excluding hydrogens is 354 g/mol. The topological polar surface area (TPSA) is 83.8 Å². The molecule has 0 aromatic heterocycles. The molecular formula is C18H27N3O4S. The molecule has 8 heteroatoms. The lowest BCUT2D eigenvalue weighted by molar-refractivity contribution is -0.385. The maximum Gasteiger partial charge on any atom is 0.270 e. The normalized spacial score (nSPS) is 24.5. The molecule has 2 aliphatic rings. The van der Waals surface area contributed by atoms with E-state index in [4.69, 9.17) is 0 Å². The summed E-state index contributed by atoms with van der Waals surface area (Å²) in [7, 11) is -1.83. The van der Waals surface area contributed by atoms with E-state index in [0.29, 0.717) is 24.7 Å². The fourth-order valence-electron chi connectivity index (χ4n) is 4.01. The minimum atomic E-state index is -3.73. The minimum absolute atomic E-state index is 0.0646. The van der Waals surface area contributed by atoms with Crippen LogP contribution in [0.15, 0.2) is 23.1 Å². The van der Waals surface area contributed by atoms with Crippen LogP contribution in [0, 0.1) is 16.0 Å². The SMILES string of the molecule is CC1CCC(N(C)c2ccc([N+](=O)[O-])cc2S(=O)(=O)N2CCCC2)CC1. The van der Waals surface area contributed by atoms with Crippen LogP contribution in [0.4, 0.5) is 11.4 Å². The van der Waals surface area contributed by atoms with Crippen molar-refractivity contribution in [3.63, 3.8) is 0 Å². The van der Waals surface area contributed by atoms with Gasteiger partial charge in [-0.15, -0.1) is 0 Å². The van der Waals surface area contributed by atoms with E-state index in [-0.39, 0.29) is 16.6 Å². The second-order valence-corrected chi connectivity index (χ2v) is 9.45. The zero-order chi connectivity index (χ0) is 18.9. The molecule has 0 unspecified atom stereocenters. The smallest absolute Gasteiger partial charge is 0.270 e. The molecule has 1 saturated heterocycles. The van der Waals surface area contributed by atoms with Crippen LogP contribution in [0.5, 0.6) is 0 Å². The second-order valence-electron chi connectivity index (χ2n) is 7.54. The second kappa shape index (κ2) is 7.52. The molecule has 1 aliphatic heterocycles. The molecule has 1 aromatic rings. The summed E-state index contributed by atoms with van der Waals surface area (Å²) in [6.07, 6.45) is 5.93. The molecule has 2 fully saturated rings. The highest BCUT2D eigenvalue weighted by Crippen LogP contribution is 2.36. The maximum absolute atomic E-state index is 13.1. The minimum Gasteiger partial charge on any atom is -0.371 e. The highest BCUT2D eigenvalue weighted by molar-refractivity contribution is 7.89. The van der Waals surface area contributed by atoms with Gasteiger partial charge in [0.15, 0.2) is 0 Å². The highest BCUT2D eigenvalue weighted by atomic mass is 32.2. The zero-order valence-corrected chi connectivity index (χ0v) is 16.2. The summed E-state index contributed by atoms with van der Waals surface area (Å²) in [6.45, 7) is 3.20. The van der Waals surface area contributed by atoms with Gasteiger partial charge in [0.2, 0.25) is 10.0 Å². The predicted octanol–water partition coefficient (Wildman–Crippen LogP) is 3.39. The first-order valence-corrected chi connectivity index (χ1v) is 10.8. The first kappa shape index (κ1) is 19.1. The molecule has 0 bridgehead atoms. The van der Waals surface area contributed by atoms with Gasteiger partial charge in [-0.1, -0.05) is 6.92 Å². The third-order valence-electron chi connectivity index (χ3n) is 5.75. The fraction of sp³-hybridized carbons (Fsp3) is 0.667.